The fourth-order valence-electron chi connectivity index (χ4n) is 3.26. The first kappa shape index (κ1) is 17.1. The Kier molecular flexibility index (Phi) is 3.82. The highest BCUT2D eigenvalue weighted by Crippen LogP contribution is 2.30. The predicted octanol–water partition coefficient (Wildman–Crippen LogP) is 2.61. The Balaban J connectivity index is 1.72. The lowest BCUT2D eigenvalue weighted by molar-refractivity contribution is -0.677. The second-order valence-electron chi connectivity index (χ2n) is 6.42. The number of hydrogen-bond donors (Lipinski definition) is 0. The number of rotatable bonds is 2. The first-order chi connectivity index (χ1) is 12.3. The number of aliphatic imine (C=N–C) groups is 1. The van der Waals surface area contributed by atoms with E-state index in [9.17, 15) is 9.59 Å². The van der Waals surface area contributed by atoms with E-state index in [4.69, 9.17) is 23.2 Å². The number of nitrogens with zero attached hydrogens (tertiary/aromatic N) is 5. The molecule has 134 valence electrons. The van der Waals surface area contributed by atoms with E-state index in [1.54, 1.807) is 29.8 Å². The number of imidazole rings is 1. The molecule has 1 atom stereocenters. The fraction of sp³-hybridized carbons (Fsp3) is 0.294. The Morgan fingerprint density at radius 1 is 1.19 bits per heavy atom. The van der Waals surface area contributed by atoms with E-state index in [0.717, 1.165) is 11.3 Å². The molecule has 2 aliphatic heterocycles. The van der Waals surface area contributed by atoms with Crippen LogP contribution in [0, 0.1) is 6.92 Å². The third-order valence-electron chi connectivity index (χ3n) is 4.81. The predicted molar refractivity (Wildman–Crippen MR) is 96.6 cm³/mol. The van der Waals surface area contributed by atoms with Crippen molar-refractivity contribution in [1.29, 1.82) is 0 Å². The van der Waals surface area contributed by atoms with Crippen molar-refractivity contribution >= 4 is 46.9 Å². The Labute approximate surface area is 160 Å². The van der Waals surface area contributed by atoms with Gasteiger partial charge in [0.1, 0.15) is 11.9 Å². The van der Waals surface area contributed by atoms with Crippen LogP contribution in [0.4, 0.5) is 10.7 Å². The third-order valence-corrected chi connectivity index (χ3v) is 5.55. The van der Waals surface area contributed by atoms with E-state index in [2.05, 4.69) is 4.99 Å². The topological polar surface area (TPSA) is 61.8 Å². The van der Waals surface area contributed by atoms with Gasteiger partial charge >= 0.3 is 12.0 Å². The van der Waals surface area contributed by atoms with Gasteiger partial charge in [0.25, 0.3) is 5.91 Å². The van der Waals surface area contributed by atoms with Crippen LogP contribution in [0.1, 0.15) is 17.3 Å². The van der Waals surface area contributed by atoms with Gasteiger partial charge in [-0.1, -0.05) is 34.3 Å². The highest BCUT2D eigenvalue weighted by molar-refractivity contribution is 6.42. The van der Waals surface area contributed by atoms with Crippen LogP contribution in [-0.2, 0) is 18.4 Å². The summed E-state index contributed by atoms with van der Waals surface area (Å²) in [6, 6.07) is 4.00. The molecule has 0 N–H and O–H groups in total. The lowest BCUT2D eigenvalue weighted by Gasteiger charge is -2.33. The van der Waals surface area contributed by atoms with E-state index in [1.807, 2.05) is 24.7 Å². The number of imide groups is 1. The molecule has 1 saturated heterocycles. The van der Waals surface area contributed by atoms with Crippen LogP contribution in [0.25, 0.3) is 0 Å². The molecular formula is C17H16Cl2N5O2+. The smallest absolute Gasteiger partial charge is 0.270 e. The van der Waals surface area contributed by atoms with Crippen molar-refractivity contribution in [3.63, 3.8) is 0 Å². The number of fused-ring (bicyclic) bond motifs is 3. The van der Waals surface area contributed by atoms with Crippen LogP contribution < -0.4 is 4.57 Å². The lowest BCUT2D eigenvalue weighted by Crippen LogP contribution is -2.62. The van der Waals surface area contributed by atoms with Crippen molar-refractivity contribution in [2.75, 3.05) is 7.05 Å². The quantitative estimate of drug-likeness (QED) is 0.737. The Hall–Kier alpha value is -2.38. The maximum atomic E-state index is 13.1. The van der Waals surface area contributed by atoms with Gasteiger partial charge < -0.3 is 0 Å². The van der Waals surface area contributed by atoms with Crippen LogP contribution in [0.3, 0.4) is 0 Å². The first-order valence-corrected chi connectivity index (χ1v) is 8.74. The van der Waals surface area contributed by atoms with Crippen LogP contribution in [0.5, 0.6) is 0 Å². The molecule has 0 spiro atoms. The van der Waals surface area contributed by atoms with Crippen LogP contribution in [0.2, 0.25) is 10.0 Å². The standard InChI is InChI=1S/C17H16Cl2N5O2/c1-9-7-23-13-14(20-16(23)21(9)2)22(3)17(26)24(15(13)25)8-10-4-5-11(18)12(19)6-10/h4-7,13H,8H2,1-3H3/q+1. The number of aryl methyl sites for hydroxylation is 1. The van der Waals surface area contributed by atoms with Gasteiger partial charge in [0.05, 0.1) is 23.6 Å². The molecule has 3 amide bonds. The molecule has 3 heterocycles. The number of likely N-dealkylation sites (N-methyl/N-ethyl adjacent to an activating group) is 1. The molecule has 2 aliphatic rings. The molecule has 1 aromatic heterocycles. The minimum Gasteiger partial charge on any atom is -0.270 e. The Bertz CT molecular complexity index is 997. The van der Waals surface area contributed by atoms with Crippen LogP contribution in [0.15, 0.2) is 29.4 Å². The summed E-state index contributed by atoms with van der Waals surface area (Å²) in [6.45, 7) is 2.06. The van der Waals surface area contributed by atoms with E-state index >= 15 is 0 Å². The number of carbonyl (C=O) groups is 2. The highest BCUT2D eigenvalue weighted by Gasteiger charge is 2.52. The van der Waals surface area contributed by atoms with Crippen molar-refractivity contribution in [3.8, 4) is 0 Å². The van der Waals surface area contributed by atoms with Gasteiger partial charge in [0.2, 0.25) is 11.9 Å². The monoisotopic (exact) mass is 392 g/mol. The average Bonchev–Trinajstić information content (AvgIpc) is 3.10. The SMILES string of the molecule is Cc1c[n+]2c(n1C)N=C1C2C(=O)N(Cc2ccc(Cl)c(Cl)c2)C(=O)N1C. The number of urea groups is 1. The summed E-state index contributed by atoms with van der Waals surface area (Å²) in [5.74, 6) is 0.773. The minimum absolute atomic E-state index is 0.115. The largest absolute Gasteiger partial charge is 0.401 e. The maximum Gasteiger partial charge on any atom is 0.401 e. The normalized spacial score (nSPS) is 19.0. The molecule has 0 radical (unpaired) electrons. The molecule has 9 heteroatoms. The van der Waals surface area contributed by atoms with E-state index < -0.39 is 12.1 Å². The number of amidine groups is 1. The minimum atomic E-state index is -0.643. The molecule has 0 saturated carbocycles. The zero-order valence-electron chi connectivity index (χ0n) is 14.4. The zero-order valence-corrected chi connectivity index (χ0v) is 15.9. The molecule has 1 aromatic carbocycles. The van der Waals surface area contributed by atoms with Gasteiger partial charge in [-0.2, -0.15) is 0 Å². The Morgan fingerprint density at radius 2 is 1.92 bits per heavy atom. The van der Waals surface area contributed by atoms with Crippen molar-refractivity contribution in [1.82, 2.24) is 14.4 Å². The molecular weight excluding hydrogens is 377 g/mol. The van der Waals surface area contributed by atoms with Gasteiger partial charge in [0, 0.05) is 7.05 Å². The maximum absolute atomic E-state index is 13.1. The molecule has 1 unspecified atom stereocenters. The van der Waals surface area contributed by atoms with Crippen LogP contribution in [-0.4, -0.2) is 39.2 Å². The van der Waals surface area contributed by atoms with Gasteiger partial charge in [0.15, 0.2) is 0 Å². The van der Waals surface area contributed by atoms with Crippen LogP contribution >= 0.6 is 23.2 Å². The third kappa shape index (κ3) is 2.34. The fourth-order valence-corrected chi connectivity index (χ4v) is 3.58. The number of carbonyl (C=O) groups excluding carboxylic acids is 2. The molecule has 1 fully saturated rings. The molecule has 2 aromatic rings. The summed E-state index contributed by atoms with van der Waals surface area (Å²) < 4.78 is 3.69. The van der Waals surface area contributed by atoms with Gasteiger partial charge in [-0.05, 0) is 24.6 Å². The first-order valence-electron chi connectivity index (χ1n) is 7.98. The van der Waals surface area contributed by atoms with Gasteiger partial charge in [-0.15, -0.1) is 0 Å². The molecule has 7 nitrogen and oxygen atoms in total. The van der Waals surface area contributed by atoms with E-state index in [1.165, 1.54) is 9.80 Å². The number of amides is 3. The number of halogens is 2. The summed E-state index contributed by atoms with van der Waals surface area (Å²) in [7, 11) is 3.50. The highest BCUT2D eigenvalue weighted by atomic mass is 35.5. The zero-order chi connectivity index (χ0) is 18.7. The van der Waals surface area contributed by atoms with Crippen molar-refractivity contribution in [2.45, 2.75) is 19.5 Å². The molecule has 4 rings (SSSR count). The Morgan fingerprint density at radius 3 is 2.62 bits per heavy atom. The summed E-state index contributed by atoms with van der Waals surface area (Å²) in [4.78, 5) is 33.0. The van der Waals surface area contributed by atoms with Gasteiger partial charge in [-0.25, -0.2) is 13.9 Å². The van der Waals surface area contributed by atoms with Crippen molar-refractivity contribution < 1.29 is 14.2 Å². The average molecular weight is 393 g/mol. The van der Waals surface area contributed by atoms with E-state index in [-0.39, 0.29) is 12.5 Å². The molecule has 0 aliphatic carbocycles. The summed E-state index contributed by atoms with van der Waals surface area (Å²) in [5, 5.41) is 0.807. The van der Waals surface area contributed by atoms with Crippen molar-refractivity contribution in [3.05, 3.63) is 45.7 Å². The summed E-state index contributed by atoms with van der Waals surface area (Å²) in [5.41, 5.74) is 1.70. The number of aromatic nitrogens is 2. The number of hydrogen-bond acceptors (Lipinski definition) is 3. The molecule has 0 bridgehead atoms. The lowest BCUT2D eigenvalue weighted by atomic mass is 10.1. The summed E-state index contributed by atoms with van der Waals surface area (Å²) in [6.07, 6.45) is 1.87. The second kappa shape index (κ2) is 5.82. The van der Waals surface area contributed by atoms with Gasteiger partial charge in [-0.3, -0.25) is 14.6 Å². The van der Waals surface area contributed by atoms with Crippen molar-refractivity contribution in [2.24, 2.45) is 12.0 Å². The summed E-state index contributed by atoms with van der Waals surface area (Å²) >= 11 is 12.0. The van der Waals surface area contributed by atoms with E-state index in [0.29, 0.717) is 21.8 Å². The second-order valence-corrected chi connectivity index (χ2v) is 7.24. The number of benzene rings is 1. The molecule has 26 heavy (non-hydrogen) atoms.